The second kappa shape index (κ2) is 11.9. The van der Waals surface area contributed by atoms with E-state index in [1.165, 1.54) is 47.5 Å². The maximum atomic E-state index is 6.60. The summed E-state index contributed by atoms with van der Waals surface area (Å²) in [6.07, 6.45) is 0. The van der Waals surface area contributed by atoms with E-state index >= 15 is 0 Å². The molecule has 11 rings (SSSR count). The zero-order chi connectivity index (χ0) is 34.9. The van der Waals surface area contributed by atoms with E-state index in [2.05, 4.69) is 157 Å². The molecule has 0 saturated carbocycles. The molecule has 0 radical (unpaired) electrons. The fourth-order valence-electron chi connectivity index (χ4n) is 7.99. The lowest BCUT2D eigenvalue weighted by Crippen LogP contribution is -2.11. The van der Waals surface area contributed by atoms with Gasteiger partial charge in [-0.3, -0.25) is 0 Å². The van der Waals surface area contributed by atoms with Crippen LogP contribution in [0.5, 0.6) is 0 Å². The summed E-state index contributed by atoms with van der Waals surface area (Å²) in [5, 5.41) is 9.50. The number of nitrogens with zero attached hydrogens (tertiary/aromatic N) is 2. The van der Waals surface area contributed by atoms with Gasteiger partial charge in [0.2, 0.25) is 5.89 Å². The van der Waals surface area contributed by atoms with Crippen molar-refractivity contribution >= 4 is 92.0 Å². The summed E-state index contributed by atoms with van der Waals surface area (Å²) in [6, 6.07) is 65.2. The Kier molecular flexibility index (Phi) is 6.73. The SMILES string of the molecule is c1ccc(-c2nc3ccc4ccc5ccc6cc(N(c7ccc8c(c7)sc7ccccc78)c7ccccc7-c7ccccc7)ccc6c5c4c3o2)cc1. The number of hydrogen-bond acceptors (Lipinski definition) is 4. The third-order valence-corrected chi connectivity index (χ3v) is 11.6. The van der Waals surface area contributed by atoms with Crippen LogP contribution in [0.4, 0.5) is 17.1 Å². The minimum atomic E-state index is 0.635. The summed E-state index contributed by atoms with van der Waals surface area (Å²) >= 11 is 1.85. The third-order valence-electron chi connectivity index (χ3n) is 10.4. The van der Waals surface area contributed by atoms with Crippen molar-refractivity contribution in [1.29, 1.82) is 0 Å². The van der Waals surface area contributed by atoms with Gasteiger partial charge in [-0.1, -0.05) is 127 Å². The van der Waals surface area contributed by atoms with E-state index < -0.39 is 0 Å². The lowest BCUT2D eigenvalue weighted by atomic mass is 9.95. The number of hydrogen-bond donors (Lipinski definition) is 0. The molecule has 0 aliphatic rings. The molecule has 53 heavy (non-hydrogen) atoms. The number of anilines is 3. The number of para-hydroxylation sites is 1. The second-order valence-electron chi connectivity index (χ2n) is 13.5. The molecule has 0 unspecified atom stereocenters. The molecule has 0 fully saturated rings. The Labute approximate surface area is 309 Å². The molecule has 0 bridgehead atoms. The molecule has 4 heteroatoms. The fourth-order valence-corrected chi connectivity index (χ4v) is 9.13. The summed E-state index contributed by atoms with van der Waals surface area (Å²) in [7, 11) is 0. The number of fused-ring (bicyclic) bond motifs is 10. The van der Waals surface area contributed by atoms with Gasteiger partial charge in [-0.15, -0.1) is 11.3 Å². The summed E-state index contributed by atoms with van der Waals surface area (Å²) in [4.78, 5) is 7.34. The van der Waals surface area contributed by atoms with Crippen molar-refractivity contribution in [1.82, 2.24) is 4.98 Å². The highest BCUT2D eigenvalue weighted by Crippen LogP contribution is 2.45. The van der Waals surface area contributed by atoms with E-state index in [1.807, 2.05) is 41.7 Å². The lowest BCUT2D eigenvalue weighted by molar-refractivity contribution is 0.623. The van der Waals surface area contributed by atoms with Crippen LogP contribution in [0, 0.1) is 0 Å². The lowest BCUT2D eigenvalue weighted by Gasteiger charge is -2.28. The number of oxazole rings is 1. The molecule has 248 valence electrons. The van der Waals surface area contributed by atoms with Crippen LogP contribution in [0.25, 0.3) is 86.2 Å². The van der Waals surface area contributed by atoms with Crippen molar-refractivity contribution in [2.45, 2.75) is 0 Å². The molecular formula is C49H30N2OS. The molecule has 11 aromatic rings. The Hall–Kier alpha value is -6.75. The molecule has 0 aliphatic carbocycles. The summed E-state index contributed by atoms with van der Waals surface area (Å²) < 4.78 is 9.17. The topological polar surface area (TPSA) is 29.3 Å². The Morgan fingerprint density at radius 2 is 1.08 bits per heavy atom. The number of benzene rings is 9. The zero-order valence-corrected chi connectivity index (χ0v) is 29.3. The van der Waals surface area contributed by atoms with Gasteiger partial charge in [0.05, 0.1) is 5.69 Å². The standard InChI is InChI=1S/C49H30N2OS/c1-3-11-31(12-4-1)38-15-7-9-17-43(38)51(37-25-27-41-40-16-8-10-18-44(40)53-45(41)30-37)36-24-26-39-35(29-36)22-21-32-19-20-33-23-28-42-48(47(33)46(32)39)52-49(50-42)34-13-5-2-6-14-34/h1-30H. The van der Waals surface area contributed by atoms with Crippen LogP contribution >= 0.6 is 11.3 Å². The number of rotatable bonds is 5. The van der Waals surface area contributed by atoms with Gasteiger partial charge < -0.3 is 9.32 Å². The van der Waals surface area contributed by atoms with Crippen LogP contribution in [-0.2, 0) is 0 Å². The Morgan fingerprint density at radius 1 is 0.453 bits per heavy atom. The van der Waals surface area contributed by atoms with Gasteiger partial charge in [0.1, 0.15) is 5.52 Å². The largest absolute Gasteiger partial charge is 0.435 e. The number of aromatic nitrogens is 1. The molecule has 0 N–H and O–H groups in total. The minimum Gasteiger partial charge on any atom is -0.435 e. The van der Waals surface area contributed by atoms with Crippen LogP contribution in [0.15, 0.2) is 186 Å². The molecule has 0 spiro atoms. The van der Waals surface area contributed by atoms with Crippen LogP contribution < -0.4 is 4.90 Å². The quantitative estimate of drug-likeness (QED) is 0.168. The van der Waals surface area contributed by atoms with Gasteiger partial charge in [-0.05, 0) is 81.7 Å². The molecule has 0 amide bonds. The van der Waals surface area contributed by atoms with Crippen LogP contribution in [0.2, 0.25) is 0 Å². The molecule has 0 saturated heterocycles. The average molecular weight is 695 g/mol. The summed E-state index contributed by atoms with van der Waals surface area (Å²) in [6.45, 7) is 0. The molecule has 0 atom stereocenters. The molecule has 3 nitrogen and oxygen atoms in total. The fraction of sp³-hybridized carbons (Fsp3) is 0. The van der Waals surface area contributed by atoms with Crippen molar-refractivity contribution in [2.75, 3.05) is 4.90 Å². The zero-order valence-electron chi connectivity index (χ0n) is 28.5. The first-order valence-electron chi connectivity index (χ1n) is 17.9. The summed E-state index contributed by atoms with van der Waals surface area (Å²) in [5.74, 6) is 0.635. The summed E-state index contributed by atoms with van der Waals surface area (Å²) in [5.41, 5.74) is 8.34. The van der Waals surface area contributed by atoms with Gasteiger partial charge in [0, 0.05) is 53.4 Å². The van der Waals surface area contributed by atoms with Crippen molar-refractivity contribution in [3.8, 4) is 22.6 Å². The smallest absolute Gasteiger partial charge is 0.227 e. The molecule has 2 heterocycles. The van der Waals surface area contributed by atoms with Crippen LogP contribution in [-0.4, -0.2) is 4.98 Å². The van der Waals surface area contributed by atoms with Crippen LogP contribution in [0.1, 0.15) is 0 Å². The predicted molar refractivity (Wildman–Crippen MR) is 225 cm³/mol. The minimum absolute atomic E-state index is 0.635. The van der Waals surface area contributed by atoms with Gasteiger partial charge in [-0.25, -0.2) is 4.98 Å². The molecule has 2 aromatic heterocycles. The van der Waals surface area contributed by atoms with Crippen molar-refractivity contribution in [3.63, 3.8) is 0 Å². The Bertz CT molecular complexity index is 3180. The van der Waals surface area contributed by atoms with Gasteiger partial charge in [0.25, 0.3) is 0 Å². The van der Waals surface area contributed by atoms with Crippen molar-refractivity contribution in [3.05, 3.63) is 182 Å². The highest BCUT2D eigenvalue weighted by Gasteiger charge is 2.20. The first-order valence-corrected chi connectivity index (χ1v) is 18.7. The second-order valence-corrected chi connectivity index (χ2v) is 14.6. The first-order chi connectivity index (χ1) is 26.3. The van der Waals surface area contributed by atoms with E-state index in [0.717, 1.165) is 49.9 Å². The van der Waals surface area contributed by atoms with Gasteiger partial charge >= 0.3 is 0 Å². The predicted octanol–water partition coefficient (Wildman–Crippen LogP) is 14.5. The molecule has 0 aliphatic heterocycles. The van der Waals surface area contributed by atoms with E-state index in [-0.39, 0.29) is 0 Å². The average Bonchev–Trinajstić information content (AvgIpc) is 3.83. The highest BCUT2D eigenvalue weighted by molar-refractivity contribution is 7.25. The maximum absolute atomic E-state index is 6.60. The monoisotopic (exact) mass is 694 g/mol. The van der Waals surface area contributed by atoms with E-state index in [0.29, 0.717) is 5.89 Å². The van der Waals surface area contributed by atoms with Crippen molar-refractivity contribution in [2.24, 2.45) is 0 Å². The maximum Gasteiger partial charge on any atom is 0.227 e. The van der Waals surface area contributed by atoms with Crippen molar-refractivity contribution < 1.29 is 4.42 Å². The molecular weight excluding hydrogens is 665 g/mol. The number of thiophene rings is 1. The first kappa shape index (κ1) is 29.9. The normalized spacial score (nSPS) is 11.8. The van der Waals surface area contributed by atoms with Gasteiger partial charge in [-0.2, -0.15) is 0 Å². The van der Waals surface area contributed by atoms with Crippen LogP contribution in [0.3, 0.4) is 0 Å². The van der Waals surface area contributed by atoms with E-state index in [9.17, 15) is 0 Å². The molecule has 9 aromatic carbocycles. The van der Waals surface area contributed by atoms with E-state index in [4.69, 9.17) is 9.40 Å². The van der Waals surface area contributed by atoms with E-state index in [1.54, 1.807) is 0 Å². The highest BCUT2D eigenvalue weighted by atomic mass is 32.1. The Morgan fingerprint density at radius 3 is 1.91 bits per heavy atom. The van der Waals surface area contributed by atoms with Gasteiger partial charge in [0.15, 0.2) is 5.58 Å². The third kappa shape index (κ3) is 4.84. The Balaban J connectivity index is 1.15.